The van der Waals surface area contributed by atoms with Crippen LogP contribution in [0.5, 0.6) is 0 Å². The lowest BCUT2D eigenvalue weighted by atomic mass is 10.0. The van der Waals surface area contributed by atoms with E-state index < -0.39 is 0 Å². The van der Waals surface area contributed by atoms with Gasteiger partial charge in [0.05, 0.1) is 6.04 Å². The lowest BCUT2D eigenvalue weighted by Gasteiger charge is -2.08. The van der Waals surface area contributed by atoms with Crippen molar-refractivity contribution in [2.45, 2.75) is 64.3 Å². The predicted octanol–water partition coefficient (Wildman–Crippen LogP) is 5.11. The third-order valence-electron chi connectivity index (χ3n) is 3.35. The van der Waals surface area contributed by atoms with Crippen molar-refractivity contribution in [2.75, 3.05) is 0 Å². The highest BCUT2D eigenvalue weighted by Crippen LogP contribution is 2.14. The molecule has 1 unspecified atom stereocenters. The zero-order chi connectivity index (χ0) is 13.1. The molecule has 0 saturated heterocycles. The molecule has 2 nitrogen and oxygen atoms in total. The van der Waals surface area contributed by atoms with Crippen LogP contribution in [0, 0.1) is 4.91 Å². The second-order valence-electron chi connectivity index (χ2n) is 5.01. The Morgan fingerprint density at radius 2 is 1.67 bits per heavy atom. The maximum atomic E-state index is 10.8. The Bertz CT molecular complexity index is 310. The molecule has 0 spiro atoms. The Morgan fingerprint density at radius 3 is 2.33 bits per heavy atom. The van der Waals surface area contributed by atoms with Crippen LogP contribution in [-0.2, 0) is 6.42 Å². The number of hydrogen-bond acceptors (Lipinski definition) is 2. The van der Waals surface area contributed by atoms with Crippen LogP contribution >= 0.6 is 0 Å². The maximum Gasteiger partial charge on any atom is 0.0959 e. The second-order valence-corrected chi connectivity index (χ2v) is 5.01. The van der Waals surface area contributed by atoms with E-state index in [9.17, 15) is 4.91 Å². The molecule has 0 bridgehead atoms. The predicted molar refractivity (Wildman–Crippen MR) is 77.7 cm³/mol. The van der Waals surface area contributed by atoms with Gasteiger partial charge in [-0.2, -0.15) is 4.91 Å². The molecular formula is C16H25NO. The van der Waals surface area contributed by atoms with Gasteiger partial charge >= 0.3 is 0 Å². The van der Waals surface area contributed by atoms with Gasteiger partial charge in [0.25, 0.3) is 0 Å². The van der Waals surface area contributed by atoms with Crippen LogP contribution in [0.3, 0.4) is 0 Å². The van der Waals surface area contributed by atoms with E-state index in [2.05, 4.69) is 24.2 Å². The third-order valence-corrected chi connectivity index (χ3v) is 3.35. The zero-order valence-corrected chi connectivity index (χ0v) is 11.5. The first kappa shape index (κ1) is 14.9. The normalized spacial score (nSPS) is 12.3. The molecule has 2 heteroatoms. The fourth-order valence-corrected chi connectivity index (χ4v) is 2.24. The van der Waals surface area contributed by atoms with Crippen molar-refractivity contribution in [3.05, 3.63) is 40.8 Å². The SMILES string of the molecule is CCCCCCCCC(Cc1ccccc1)N=O. The lowest BCUT2D eigenvalue weighted by Crippen LogP contribution is -2.07. The van der Waals surface area contributed by atoms with E-state index in [1.807, 2.05) is 18.2 Å². The Balaban J connectivity index is 2.16. The van der Waals surface area contributed by atoms with Gasteiger partial charge < -0.3 is 0 Å². The Hall–Kier alpha value is -1.18. The molecule has 0 saturated carbocycles. The van der Waals surface area contributed by atoms with Crippen molar-refractivity contribution in [3.63, 3.8) is 0 Å². The van der Waals surface area contributed by atoms with Gasteiger partial charge in [0, 0.05) is 0 Å². The van der Waals surface area contributed by atoms with Crippen LogP contribution in [0.1, 0.15) is 57.4 Å². The summed E-state index contributed by atoms with van der Waals surface area (Å²) in [5, 5.41) is 3.27. The molecule has 0 fully saturated rings. The van der Waals surface area contributed by atoms with Gasteiger partial charge in [0.15, 0.2) is 0 Å². The standard InChI is InChI=1S/C16H25NO/c1-2-3-4-5-6-10-13-16(17-18)14-15-11-8-7-9-12-15/h7-9,11-12,16H,2-6,10,13-14H2,1H3. The molecule has 0 heterocycles. The van der Waals surface area contributed by atoms with E-state index in [1.165, 1.54) is 37.7 Å². The van der Waals surface area contributed by atoms with Gasteiger partial charge in [0.1, 0.15) is 0 Å². The van der Waals surface area contributed by atoms with Crippen molar-refractivity contribution >= 4 is 0 Å². The highest BCUT2D eigenvalue weighted by molar-refractivity contribution is 5.15. The van der Waals surface area contributed by atoms with Crippen LogP contribution < -0.4 is 0 Å². The minimum absolute atomic E-state index is 0.0430. The molecule has 1 aromatic carbocycles. The Morgan fingerprint density at radius 1 is 1.00 bits per heavy atom. The first-order chi connectivity index (χ1) is 8.86. The molecule has 0 radical (unpaired) electrons. The summed E-state index contributed by atoms with van der Waals surface area (Å²) in [6.45, 7) is 2.23. The summed E-state index contributed by atoms with van der Waals surface area (Å²) in [4.78, 5) is 10.8. The fourth-order valence-electron chi connectivity index (χ4n) is 2.24. The van der Waals surface area contributed by atoms with Crippen molar-refractivity contribution < 1.29 is 0 Å². The molecule has 0 aromatic heterocycles. The number of unbranched alkanes of at least 4 members (excludes halogenated alkanes) is 5. The van der Waals surface area contributed by atoms with Crippen molar-refractivity contribution in [1.82, 2.24) is 0 Å². The van der Waals surface area contributed by atoms with Gasteiger partial charge in [-0.25, -0.2) is 0 Å². The summed E-state index contributed by atoms with van der Waals surface area (Å²) in [5.74, 6) is 0. The van der Waals surface area contributed by atoms with E-state index >= 15 is 0 Å². The minimum Gasteiger partial charge on any atom is -0.151 e. The molecule has 18 heavy (non-hydrogen) atoms. The first-order valence-electron chi connectivity index (χ1n) is 7.23. The average Bonchev–Trinajstić information content (AvgIpc) is 2.42. The monoisotopic (exact) mass is 247 g/mol. The molecule has 1 rings (SSSR count). The van der Waals surface area contributed by atoms with E-state index in [1.54, 1.807) is 0 Å². The molecule has 0 aliphatic rings. The Labute approximate surface area is 111 Å². The number of nitrogens with zero attached hydrogens (tertiary/aromatic N) is 1. The number of rotatable bonds is 10. The van der Waals surface area contributed by atoms with Crippen LogP contribution in [-0.4, -0.2) is 6.04 Å². The summed E-state index contributed by atoms with van der Waals surface area (Å²) < 4.78 is 0. The Kier molecular flexibility index (Phi) is 8.11. The molecule has 1 atom stereocenters. The largest absolute Gasteiger partial charge is 0.151 e. The second kappa shape index (κ2) is 9.81. The van der Waals surface area contributed by atoms with Crippen molar-refractivity contribution in [1.29, 1.82) is 0 Å². The van der Waals surface area contributed by atoms with Crippen molar-refractivity contribution in [3.8, 4) is 0 Å². The summed E-state index contributed by atoms with van der Waals surface area (Å²) in [7, 11) is 0. The zero-order valence-electron chi connectivity index (χ0n) is 11.5. The van der Waals surface area contributed by atoms with Crippen LogP contribution in [0.15, 0.2) is 35.5 Å². The van der Waals surface area contributed by atoms with Gasteiger partial charge in [-0.05, 0) is 18.4 Å². The van der Waals surface area contributed by atoms with Gasteiger partial charge in [-0.15, -0.1) is 0 Å². The molecule has 1 aromatic rings. The van der Waals surface area contributed by atoms with Crippen LogP contribution in [0.4, 0.5) is 0 Å². The molecule has 100 valence electrons. The molecule has 0 aliphatic heterocycles. The quantitative estimate of drug-likeness (QED) is 0.417. The maximum absolute atomic E-state index is 10.8. The van der Waals surface area contributed by atoms with Gasteiger partial charge in [-0.3, -0.25) is 0 Å². The number of nitroso groups, excluding NO2 is 1. The summed E-state index contributed by atoms with van der Waals surface area (Å²) in [6, 6.07) is 10.1. The number of hydrogen-bond donors (Lipinski definition) is 0. The van der Waals surface area contributed by atoms with Crippen LogP contribution in [0.25, 0.3) is 0 Å². The highest BCUT2D eigenvalue weighted by Gasteiger charge is 2.09. The minimum atomic E-state index is -0.0430. The smallest absolute Gasteiger partial charge is 0.0959 e. The van der Waals surface area contributed by atoms with Crippen LogP contribution in [0.2, 0.25) is 0 Å². The average molecular weight is 247 g/mol. The summed E-state index contributed by atoms with van der Waals surface area (Å²) in [5.41, 5.74) is 1.22. The van der Waals surface area contributed by atoms with E-state index in [0.717, 1.165) is 19.3 Å². The molecule has 0 amide bonds. The molecule has 0 N–H and O–H groups in total. The summed E-state index contributed by atoms with van der Waals surface area (Å²) in [6.07, 6.45) is 9.34. The molecular weight excluding hydrogens is 222 g/mol. The molecule has 0 aliphatic carbocycles. The van der Waals surface area contributed by atoms with Crippen molar-refractivity contribution in [2.24, 2.45) is 5.18 Å². The lowest BCUT2D eigenvalue weighted by molar-refractivity contribution is 0.532. The van der Waals surface area contributed by atoms with E-state index in [4.69, 9.17) is 0 Å². The van der Waals surface area contributed by atoms with Gasteiger partial charge in [-0.1, -0.05) is 81.0 Å². The van der Waals surface area contributed by atoms with E-state index in [0.29, 0.717) is 0 Å². The fraction of sp³-hybridized carbons (Fsp3) is 0.625. The highest BCUT2D eigenvalue weighted by atomic mass is 16.3. The van der Waals surface area contributed by atoms with E-state index in [-0.39, 0.29) is 6.04 Å². The summed E-state index contributed by atoms with van der Waals surface area (Å²) >= 11 is 0. The first-order valence-corrected chi connectivity index (χ1v) is 7.23. The van der Waals surface area contributed by atoms with Gasteiger partial charge in [0.2, 0.25) is 0 Å². The topological polar surface area (TPSA) is 29.4 Å². The third kappa shape index (κ3) is 6.53. The number of benzene rings is 1.